The van der Waals surface area contributed by atoms with E-state index in [1.165, 1.54) is 5.39 Å². The molecule has 4 aromatic rings. The van der Waals surface area contributed by atoms with Crippen molar-refractivity contribution < 1.29 is 4.79 Å². The SMILES string of the molecule is Cc1c([C@H](C)NC(=O)c2ccnn2C)cnn1-c1cccc2ccccc12. The Balaban J connectivity index is 1.66. The monoisotopic (exact) mass is 359 g/mol. The van der Waals surface area contributed by atoms with Gasteiger partial charge in [0.25, 0.3) is 5.91 Å². The van der Waals surface area contributed by atoms with Gasteiger partial charge < -0.3 is 5.32 Å². The van der Waals surface area contributed by atoms with Crippen molar-refractivity contribution >= 4 is 16.7 Å². The number of amides is 1. The highest BCUT2D eigenvalue weighted by Crippen LogP contribution is 2.26. The minimum absolute atomic E-state index is 0.153. The molecule has 2 aromatic carbocycles. The minimum Gasteiger partial charge on any atom is -0.344 e. The Kier molecular flexibility index (Phi) is 4.24. The zero-order chi connectivity index (χ0) is 19.0. The van der Waals surface area contributed by atoms with Crippen LogP contribution >= 0.6 is 0 Å². The first kappa shape index (κ1) is 17.0. The number of fused-ring (bicyclic) bond motifs is 1. The number of benzene rings is 2. The van der Waals surface area contributed by atoms with E-state index >= 15 is 0 Å². The largest absolute Gasteiger partial charge is 0.344 e. The standard InChI is InChI=1S/C21H21N5O/c1-14(24-21(27)20-11-12-22-25(20)3)18-13-23-26(15(18)2)19-10-6-8-16-7-4-5-9-17(16)19/h4-14H,1-3H3,(H,24,27)/t14-/m0/s1. The molecule has 2 aromatic heterocycles. The molecule has 0 fully saturated rings. The summed E-state index contributed by atoms with van der Waals surface area (Å²) >= 11 is 0. The van der Waals surface area contributed by atoms with Gasteiger partial charge in [-0.05, 0) is 31.4 Å². The van der Waals surface area contributed by atoms with Crippen LogP contribution in [0.3, 0.4) is 0 Å². The molecule has 0 radical (unpaired) electrons. The summed E-state index contributed by atoms with van der Waals surface area (Å²) < 4.78 is 3.50. The van der Waals surface area contributed by atoms with Gasteiger partial charge >= 0.3 is 0 Å². The minimum atomic E-state index is -0.170. The second-order valence-corrected chi connectivity index (χ2v) is 6.63. The first-order valence-corrected chi connectivity index (χ1v) is 8.88. The Bertz CT molecular complexity index is 1120. The average Bonchev–Trinajstić information content (AvgIpc) is 3.27. The maximum atomic E-state index is 12.5. The third-order valence-corrected chi connectivity index (χ3v) is 4.91. The zero-order valence-corrected chi connectivity index (χ0v) is 15.5. The summed E-state index contributed by atoms with van der Waals surface area (Å²) in [5.41, 5.74) is 3.55. The quantitative estimate of drug-likeness (QED) is 0.606. The van der Waals surface area contributed by atoms with Gasteiger partial charge in [-0.15, -0.1) is 0 Å². The third-order valence-electron chi connectivity index (χ3n) is 4.91. The number of hydrogen-bond acceptors (Lipinski definition) is 3. The van der Waals surface area contributed by atoms with Crippen molar-refractivity contribution in [3.8, 4) is 5.69 Å². The number of aromatic nitrogens is 4. The van der Waals surface area contributed by atoms with E-state index in [1.54, 1.807) is 24.0 Å². The van der Waals surface area contributed by atoms with Crippen molar-refractivity contribution in [2.45, 2.75) is 19.9 Å². The van der Waals surface area contributed by atoms with Gasteiger partial charge in [0.2, 0.25) is 0 Å². The van der Waals surface area contributed by atoms with Crippen LogP contribution in [0.5, 0.6) is 0 Å². The van der Waals surface area contributed by atoms with E-state index in [4.69, 9.17) is 0 Å². The number of nitrogens with one attached hydrogen (secondary N) is 1. The molecule has 2 heterocycles. The number of aryl methyl sites for hydroxylation is 1. The van der Waals surface area contributed by atoms with Crippen molar-refractivity contribution in [3.05, 3.63) is 77.9 Å². The molecule has 136 valence electrons. The van der Waals surface area contributed by atoms with Crippen LogP contribution in [0.2, 0.25) is 0 Å². The molecular formula is C21H21N5O. The predicted molar refractivity (Wildman–Crippen MR) is 105 cm³/mol. The van der Waals surface area contributed by atoms with Crippen molar-refractivity contribution in [2.24, 2.45) is 7.05 Å². The highest BCUT2D eigenvalue weighted by atomic mass is 16.2. The molecule has 1 amide bonds. The van der Waals surface area contributed by atoms with Crippen LogP contribution in [0, 0.1) is 6.92 Å². The lowest BCUT2D eigenvalue weighted by Gasteiger charge is -2.15. The number of rotatable bonds is 4. The molecule has 0 saturated heterocycles. The summed E-state index contributed by atoms with van der Waals surface area (Å²) in [7, 11) is 1.75. The van der Waals surface area contributed by atoms with Crippen LogP contribution in [-0.2, 0) is 7.05 Å². The van der Waals surface area contributed by atoms with Gasteiger partial charge in [0, 0.05) is 29.9 Å². The number of nitrogens with zero attached hydrogens (tertiary/aromatic N) is 4. The topological polar surface area (TPSA) is 64.7 Å². The van der Waals surface area contributed by atoms with Crippen molar-refractivity contribution in [1.82, 2.24) is 24.9 Å². The molecule has 0 spiro atoms. The van der Waals surface area contributed by atoms with E-state index in [0.29, 0.717) is 5.69 Å². The van der Waals surface area contributed by atoms with E-state index in [0.717, 1.165) is 22.3 Å². The lowest BCUT2D eigenvalue weighted by atomic mass is 10.1. The maximum Gasteiger partial charge on any atom is 0.270 e. The van der Waals surface area contributed by atoms with Crippen molar-refractivity contribution in [1.29, 1.82) is 0 Å². The number of hydrogen-bond donors (Lipinski definition) is 1. The van der Waals surface area contributed by atoms with E-state index < -0.39 is 0 Å². The number of carbonyl (C=O) groups excluding carboxylic acids is 1. The van der Waals surface area contributed by atoms with E-state index in [-0.39, 0.29) is 11.9 Å². The van der Waals surface area contributed by atoms with Crippen molar-refractivity contribution in [2.75, 3.05) is 0 Å². The van der Waals surface area contributed by atoms with Crippen LogP contribution in [-0.4, -0.2) is 25.5 Å². The Labute approximate surface area is 157 Å². The Hall–Kier alpha value is -3.41. The lowest BCUT2D eigenvalue weighted by Crippen LogP contribution is -2.28. The first-order chi connectivity index (χ1) is 13.1. The molecule has 27 heavy (non-hydrogen) atoms. The van der Waals surface area contributed by atoms with Gasteiger partial charge in [0.1, 0.15) is 5.69 Å². The van der Waals surface area contributed by atoms with Gasteiger partial charge in [-0.2, -0.15) is 10.2 Å². The summed E-state index contributed by atoms with van der Waals surface area (Å²) in [4.78, 5) is 12.5. The molecule has 0 aliphatic carbocycles. The smallest absolute Gasteiger partial charge is 0.270 e. The van der Waals surface area contributed by atoms with Gasteiger partial charge in [0.05, 0.1) is 17.9 Å². The van der Waals surface area contributed by atoms with E-state index in [2.05, 4.69) is 39.8 Å². The second-order valence-electron chi connectivity index (χ2n) is 6.63. The molecule has 0 unspecified atom stereocenters. The molecule has 6 nitrogen and oxygen atoms in total. The average molecular weight is 359 g/mol. The maximum absolute atomic E-state index is 12.5. The molecule has 0 bridgehead atoms. The summed E-state index contributed by atoms with van der Waals surface area (Å²) in [5.74, 6) is -0.153. The Morgan fingerprint density at radius 3 is 2.63 bits per heavy atom. The fraction of sp³-hybridized carbons (Fsp3) is 0.190. The van der Waals surface area contributed by atoms with Crippen LogP contribution in [0.4, 0.5) is 0 Å². The fourth-order valence-electron chi connectivity index (χ4n) is 3.43. The highest BCUT2D eigenvalue weighted by Gasteiger charge is 2.19. The van der Waals surface area contributed by atoms with Gasteiger partial charge in [-0.3, -0.25) is 9.48 Å². The molecule has 1 atom stereocenters. The van der Waals surface area contributed by atoms with Crippen LogP contribution in [0.15, 0.2) is 60.9 Å². The molecule has 0 saturated carbocycles. The van der Waals surface area contributed by atoms with E-state index in [9.17, 15) is 4.79 Å². The molecule has 0 aliphatic heterocycles. The molecule has 4 rings (SSSR count). The first-order valence-electron chi connectivity index (χ1n) is 8.88. The van der Waals surface area contributed by atoms with E-state index in [1.807, 2.05) is 42.9 Å². The third kappa shape index (κ3) is 2.99. The van der Waals surface area contributed by atoms with Gasteiger partial charge in [0.15, 0.2) is 0 Å². The predicted octanol–water partition coefficient (Wildman–Crippen LogP) is 3.56. The molecule has 1 N–H and O–H groups in total. The molecular weight excluding hydrogens is 338 g/mol. The van der Waals surface area contributed by atoms with Gasteiger partial charge in [-0.1, -0.05) is 36.4 Å². The second kappa shape index (κ2) is 6.72. The highest BCUT2D eigenvalue weighted by molar-refractivity contribution is 5.92. The molecule has 0 aliphatic rings. The van der Waals surface area contributed by atoms with Crippen LogP contribution in [0.25, 0.3) is 16.5 Å². The Morgan fingerprint density at radius 1 is 1.07 bits per heavy atom. The van der Waals surface area contributed by atoms with Crippen LogP contribution < -0.4 is 5.32 Å². The normalized spacial score (nSPS) is 12.3. The lowest BCUT2D eigenvalue weighted by molar-refractivity contribution is 0.0930. The molecule has 6 heteroatoms. The summed E-state index contributed by atoms with van der Waals surface area (Å²) in [6.45, 7) is 3.99. The number of carbonyl (C=O) groups is 1. The van der Waals surface area contributed by atoms with Crippen molar-refractivity contribution in [3.63, 3.8) is 0 Å². The fourth-order valence-corrected chi connectivity index (χ4v) is 3.43. The zero-order valence-electron chi connectivity index (χ0n) is 15.5. The van der Waals surface area contributed by atoms with Crippen LogP contribution in [0.1, 0.15) is 34.7 Å². The summed E-state index contributed by atoms with van der Waals surface area (Å²) in [6.07, 6.45) is 3.44. The summed E-state index contributed by atoms with van der Waals surface area (Å²) in [5, 5.41) is 14.0. The van der Waals surface area contributed by atoms with Gasteiger partial charge in [-0.25, -0.2) is 4.68 Å². The Morgan fingerprint density at radius 2 is 1.85 bits per heavy atom. The summed E-state index contributed by atoms with van der Waals surface area (Å²) in [6, 6.07) is 16.0.